The third kappa shape index (κ3) is 4.32. The van der Waals surface area contributed by atoms with Crippen molar-refractivity contribution < 1.29 is 4.39 Å². The van der Waals surface area contributed by atoms with E-state index in [0.29, 0.717) is 6.04 Å². The van der Waals surface area contributed by atoms with Gasteiger partial charge in [0.05, 0.1) is 0 Å². The van der Waals surface area contributed by atoms with E-state index in [4.69, 9.17) is 11.6 Å². The Hall–Kier alpha value is -1.38. The Morgan fingerprint density at radius 1 is 1.00 bits per heavy atom. The molecule has 0 spiro atoms. The van der Waals surface area contributed by atoms with Crippen molar-refractivity contribution in [1.29, 1.82) is 0 Å². The first-order valence-corrected chi connectivity index (χ1v) is 7.18. The van der Waals surface area contributed by atoms with E-state index in [1.807, 2.05) is 36.4 Å². The van der Waals surface area contributed by atoms with Crippen LogP contribution in [0.15, 0.2) is 48.5 Å². The lowest BCUT2D eigenvalue weighted by Crippen LogP contribution is -2.30. The van der Waals surface area contributed by atoms with E-state index >= 15 is 0 Å². The standard InChI is InChI=1S/C17H19ClFN/c1-12(11-14-3-9-17(19)10-4-14)20-13(2)15-5-7-16(18)8-6-15/h3-10,12-13,20H,11H2,1-2H3. The van der Waals surface area contributed by atoms with Gasteiger partial charge in [0.2, 0.25) is 0 Å². The van der Waals surface area contributed by atoms with Crippen molar-refractivity contribution >= 4 is 11.6 Å². The molecule has 2 atom stereocenters. The highest BCUT2D eigenvalue weighted by molar-refractivity contribution is 6.30. The fourth-order valence-corrected chi connectivity index (χ4v) is 2.43. The first-order chi connectivity index (χ1) is 9.54. The van der Waals surface area contributed by atoms with Crippen LogP contribution in [0.5, 0.6) is 0 Å². The van der Waals surface area contributed by atoms with E-state index in [2.05, 4.69) is 19.2 Å². The van der Waals surface area contributed by atoms with Crippen LogP contribution in [0.25, 0.3) is 0 Å². The molecule has 20 heavy (non-hydrogen) atoms. The van der Waals surface area contributed by atoms with Gasteiger partial charge in [0, 0.05) is 17.1 Å². The average Bonchev–Trinajstić information content (AvgIpc) is 2.42. The number of benzene rings is 2. The molecule has 0 heterocycles. The molecular formula is C17H19ClFN. The molecule has 0 saturated carbocycles. The molecule has 0 fully saturated rings. The van der Waals surface area contributed by atoms with Crippen LogP contribution < -0.4 is 5.32 Å². The third-order valence-electron chi connectivity index (χ3n) is 3.36. The van der Waals surface area contributed by atoms with Crippen LogP contribution in [0.2, 0.25) is 5.02 Å². The highest BCUT2D eigenvalue weighted by Crippen LogP contribution is 2.17. The van der Waals surface area contributed by atoms with Crippen molar-refractivity contribution in [3.05, 3.63) is 70.5 Å². The van der Waals surface area contributed by atoms with Gasteiger partial charge in [-0.2, -0.15) is 0 Å². The van der Waals surface area contributed by atoms with E-state index in [1.165, 1.54) is 17.7 Å². The van der Waals surface area contributed by atoms with Gasteiger partial charge in [0.25, 0.3) is 0 Å². The number of nitrogens with one attached hydrogen (secondary N) is 1. The van der Waals surface area contributed by atoms with Crippen LogP contribution in [-0.4, -0.2) is 6.04 Å². The number of halogens is 2. The lowest BCUT2D eigenvalue weighted by molar-refractivity contribution is 0.477. The highest BCUT2D eigenvalue weighted by atomic mass is 35.5. The van der Waals surface area contributed by atoms with Crippen molar-refractivity contribution in [2.24, 2.45) is 0 Å². The molecule has 3 heteroatoms. The largest absolute Gasteiger partial charge is 0.307 e. The van der Waals surface area contributed by atoms with Gasteiger partial charge in [-0.15, -0.1) is 0 Å². The molecule has 0 saturated heterocycles. The Morgan fingerprint density at radius 3 is 2.20 bits per heavy atom. The first kappa shape index (κ1) is 15.0. The number of rotatable bonds is 5. The van der Waals surface area contributed by atoms with Crippen LogP contribution in [0, 0.1) is 5.82 Å². The van der Waals surface area contributed by atoms with Crippen LogP contribution in [0.1, 0.15) is 31.0 Å². The zero-order valence-corrected chi connectivity index (χ0v) is 12.5. The van der Waals surface area contributed by atoms with Gasteiger partial charge >= 0.3 is 0 Å². The van der Waals surface area contributed by atoms with Crippen molar-refractivity contribution in [3.63, 3.8) is 0 Å². The minimum atomic E-state index is -0.191. The summed E-state index contributed by atoms with van der Waals surface area (Å²) in [5, 5.41) is 4.29. The third-order valence-corrected chi connectivity index (χ3v) is 3.61. The van der Waals surface area contributed by atoms with E-state index in [1.54, 1.807) is 0 Å². The Bertz CT molecular complexity index is 536. The maximum atomic E-state index is 12.9. The fraction of sp³-hybridized carbons (Fsp3) is 0.294. The molecule has 0 radical (unpaired) electrons. The average molecular weight is 292 g/mol. The molecule has 1 N–H and O–H groups in total. The summed E-state index contributed by atoms with van der Waals surface area (Å²) in [6.45, 7) is 4.26. The highest BCUT2D eigenvalue weighted by Gasteiger charge is 2.10. The van der Waals surface area contributed by atoms with Crippen LogP contribution in [0.3, 0.4) is 0 Å². The summed E-state index contributed by atoms with van der Waals surface area (Å²) >= 11 is 5.89. The van der Waals surface area contributed by atoms with Crippen LogP contribution in [-0.2, 0) is 6.42 Å². The Kier molecular flexibility index (Phi) is 5.16. The van der Waals surface area contributed by atoms with E-state index in [0.717, 1.165) is 17.0 Å². The SMILES string of the molecule is CC(Cc1ccc(F)cc1)NC(C)c1ccc(Cl)cc1. The quantitative estimate of drug-likeness (QED) is 0.837. The summed E-state index contributed by atoms with van der Waals surface area (Å²) < 4.78 is 12.9. The molecule has 0 aliphatic heterocycles. The van der Waals surface area contributed by atoms with Gasteiger partial charge in [-0.25, -0.2) is 4.39 Å². The van der Waals surface area contributed by atoms with Crippen molar-refractivity contribution in [1.82, 2.24) is 5.32 Å². The lowest BCUT2D eigenvalue weighted by atomic mass is 10.0. The van der Waals surface area contributed by atoms with Crippen molar-refractivity contribution in [2.75, 3.05) is 0 Å². The maximum absolute atomic E-state index is 12.9. The van der Waals surface area contributed by atoms with E-state index in [-0.39, 0.29) is 11.9 Å². The summed E-state index contributed by atoms with van der Waals surface area (Å²) in [5.41, 5.74) is 2.34. The summed E-state index contributed by atoms with van der Waals surface area (Å²) in [4.78, 5) is 0. The molecule has 0 aliphatic carbocycles. The molecular weight excluding hydrogens is 273 g/mol. The van der Waals surface area contributed by atoms with Gasteiger partial charge in [0.1, 0.15) is 5.82 Å². The Labute approximate surface area is 124 Å². The number of hydrogen-bond acceptors (Lipinski definition) is 1. The first-order valence-electron chi connectivity index (χ1n) is 6.80. The van der Waals surface area contributed by atoms with Crippen molar-refractivity contribution in [3.8, 4) is 0 Å². The normalized spacial score (nSPS) is 14.0. The molecule has 2 aromatic carbocycles. The summed E-state index contributed by atoms with van der Waals surface area (Å²) in [7, 11) is 0. The van der Waals surface area contributed by atoms with Crippen LogP contribution in [0.4, 0.5) is 4.39 Å². The second-order valence-corrected chi connectivity index (χ2v) is 5.61. The monoisotopic (exact) mass is 291 g/mol. The Balaban J connectivity index is 1.92. The zero-order chi connectivity index (χ0) is 14.5. The van der Waals surface area contributed by atoms with E-state index < -0.39 is 0 Å². The van der Waals surface area contributed by atoms with Gasteiger partial charge in [-0.1, -0.05) is 35.9 Å². The smallest absolute Gasteiger partial charge is 0.123 e. The van der Waals surface area contributed by atoms with Crippen molar-refractivity contribution in [2.45, 2.75) is 32.4 Å². The second kappa shape index (κ2) is 6.87. The summed E-state index contributed by atoms with van der Waals surface area (Å²) in [6.07, 6.45) is 0.873. The predicted octanol–water partition coefficient (Wildman–Crippen LogP) is 4.76. The molecule has 1 nitrogen and oxygen atoms in total. The maximum Gasteiger partial charge on any atom is 0.123 e. The summed E-state index contributed by atoms with van der Waals surface area (Å²) in [5.74, 6) is -0.191. The predicted molar refractivity (Wildman–Crippen MR) is 82.6 cm³/mol. The molecule has 0 aliphatic rings. The summed E-state index contributed by atoms with van der Waals surface area (Å²) in [6, 6.07) is 15.1. The topological polar surface area (TPSA) is 12.0 Å². The molecule has 0 bridgehead atoms. The number of hydrogen-bond donors (Lipinski definition) is 1. The molecule has 2 aromatic rings. The zero-order valence-electron chi connectivity index (χ0n) is 11.7. The minimum Gasteiger partial charge on any atom is -0.307 e. The van der Waals surface area contributed by atoms with Gasteiger partial charge < -0.3 is 5.32 Å². The second-order valence-electron chi connectivity index (χ2n) is 5.17. The van der Waals surface area contributed by atoms with Gasteiger partial charge in [0.15, 0.2) is 0 Å². The molecule has 0 aromatic heterocycles. The fourth-order valence-electron chi connectivity index (χ4n) is 2.31. The minimum absolute atomic E-state index is 0.191. The molecule has 2 rings (SSSR count). The molecule has 0 amide bonds. The lowest BCUT2D eigenvalue weighted by Gasteiger charge is -2.20. The molecule has 106 valence electrons. The van der Waals surface area contributed by atoms with E-state index in [9.17, 15) is 4.39 Å². The van der Waals surface area contributed by atoms with Crippen LogP contribution >= 0.6 is 11.6 Å². The molecule has 2 unspecified atom stereocenters. The van der Waals surface area contributed by atoms with Gasteiger partial charge in [-0.05, 0) is 55.7 Å². The Morgan fingerprint density at radius 2 is 1.60 bits per heavy atom. The van der Waals surface area contributed by atoms with Gasteiger partial charge in [-0.3, -0.25) is 0 Å².